The van der Waals surface area contributed by atoms with E-state index in [1.807, 2.05) is 6.08 Å². The van der Waals surface area contributed by atoms with Crippen molar-refractivity contribution in [3.8, 4) is 0 Å². The molecule has 0 aromatic heterocycles. The summed E-state index contributed by atoms with van der Waals surface area (Å²) >= 11 is 2.27. The molecule has 4 heteroatoms. The van der Waals surface area contributed by atoms with Crippen LogP contribution in [0.4, 0.5) is 0 Å². The molecule has 0 heterocycles. The van der Waals surface area contributed by atoms with Crippen LogP contribution in [0.3, 0.4) is 0 Å². The largest absolute Gasteiger partial charge is 0.147 e. The van der Waals surface area contributed by atoms with Crippen molar-refractivity contribution >= 4 is 31.0 Å². The Kier molecular flexibility index (Phi) is 21.1. The summed E-state index contributed by atoms with van der Waals surface area (Å²) in [6, 6.07) is 0. The van der Waals surface area contributed by atoms with Crippen molar-refractivity contribution in [2.24, 2.45) is 5.92 Å². The summed E-state index contributed by atoms with van der Waals surface area (Å²) in [5, 5.41) is 0. The van der Waals surface area contributed by atoms with E-state index in [-0.39, 0.29) is 31.0 Å². The molecule has 0 amide bonds. The van der Waals surface area contributed by atoms with E-state index in [2.05, 4.69) is 110 Å². The zero-order chi connectivity index (χ0) is 19.4. The molecule has 0 aromatic rings. The van der Waals surface area contributed by atoms with Gasteiger partial charge in [0.05, 0.1) is 0 Å². The van der Waals surface area contributed by atoms with Gasteiger partial charge in [0.1, 0.15) is 0 Å². The van der Waals surface area contributed by atoms with Crippen molar-refractivity contribution in [2.75, 3.05) is 0 Å². The molecule has 1 unspecified atom stereocenters. The number of allylic oxidation sites excluding steroid dienone is 12. The van der Waals surface area contributed by atoms with Gasteiger partial charge in [-0.15, -0.1) is 44.6 Å². The molecule has 0 spiro atoms. The molecule has 0 saturated carbocycles. The Morgan fingerprint density at radius 2 is 1.26 bits per heavy atom. The molecule has 152 valence electrons. The Bertz CT molecular complexity index is 597. The fourth-order valence-electron chi connectivity index (χ4n) is 2.25. The SMILES string of the molecule is CC1=CC(C)[C-]=C1.CC1=[C-]CC(C)=C1.CC1=[C-]CC(C)=C1.C[Si](C)=[Ti].Cl.Cl. The van der Waals surface area contributed by atoms with Crippen LogP contribution in [0.2, 0.25) is 13.1 Å². The van der Waals surface area contributed by atoms with Crippen LogP contribution in [-0.4, -0.2) is 6.19 Å². The molecule has 3 aliphatic rings. The maximum atomic E-state index is 3.19. The summed E-state index contributed by atoms with van der Waals surface area (Å²) in [6.45, 7) is 17.2. The van der Waals surface area contributed by atoms with Gasteiger partial charge < -0.3 is 0 Å². The first-order chi connectivity index (χ1) is 11.6. The number of halogens is 2. The maximum Gasteiger partial charge on any atom is -0.147 e. The Balaban J connectivity index is -0.000000283. The van der Waals surface area contributed by atoms with Gasteiger partial charge >= 0.3 is 38.5 Å². The van der Waals surface area contributed by atoms with Crippen molar-refractivity contribution < 1.29 is 19.2 Å². The van der Waals surface area contributed by atoms with E-state index in [9.17, 15) is 0 Å². The first-order valence-corrected chi connectivity index (χ1v) is 13.7. The van der Waals surface area contributed by atoms with Crippen LogP contribution in [-0.2, 0) is 19.2 Å². The van der Waals surface area contributed by atoms with Gasteiger partial charge in [-0.1, -0.05) is 40.5 Å². The summed E-state index contributed by atoms with van der Waals surface area (Å²) in [5.41, 5.74) is 6.78. The van der Waals surface area contributed by atoms with Crippen molar-refractivity contribution in [3.05, 3.63) is 70.4 Å². The van der Waals surface area contributed by atoms with Crippen LogP contribution in [0.15, 0.2) is 52.2 Å². The Hall–Kier alpha value is -0.0488. The maximum absolute atomic E-state index is 3.19. The van der Waals surface area contributed by atoms with Gasteiger partial charge in [0.15, 0.2) is 0 Å². The van der Waals surface area contributed by atoms with Crippen LogP contribution in [0, 0.1) is 24.1 Å². The first-order valence-electron chi connectivity index (χ1n) is 8.88. The summed E-state index contributed by atoms with van der Waals surface area (Å²) in [5.74, 6) is 0.556. The number of rotatable bonds is 0. The number of hydrogen-bond acceptors (Lipinski definition) is 0. The standard InChI is InChI=1S/3C7H9.C2H6Si.2ClH.Ti/c3*1-6-3-4-7(2)5-6;1-3-2;;;/h2*5H,3H2,1-2H3;3,5,7H,1-2H3;1-2H3;2*1H;/q3*-1;;;;. The van der Waals surface area contributed by atoms with E-state index in [1.165, 1.54) is 27.9 Å². The Morgan fingerprint density at radius 1 is 0.889 bits per heavy atom. The van der Waals surface area contributed by atoms with E-state index < -0.39 is 0 Å². The molecular formula is C23H35Cl2SiTi-3. The van der Waals surface area contributed by atoms with Crippen molar-refractivity contribution in [1.29, 1.82) is 0 Å². The van der Waals surface area contributed by atoms with Crippen LogP contribution in [0.5, 0.6) is 0 Å². The minimum atomic E-state index is 0. The van der Waals surface area contributed by atoms with Crippen LogP contribution >= 0.6 is 24.8 Å². The van der Waals surface area contributed by atoms with E-state index in [0.29, 0.717) is 5.92 Å². The number of hydrogen-bond donors (Lipinski definition) is 0. The zero-order valence-electron chi connectivity index (χ0n) is 18.1. The quantitative estimate of drug-likeness (QED) is 0.257. The fraction of sp³-hybridized carbons (Fsp3) is 0.478. The smallest absolute Gasteiger partial charge is 0.147 e. The second-order valence-electron chi connectivity index (χ2n) is 7.06. The Morgan fingerprint density at radius 3 is 1.33 bits per heavy atom. The molecule has 0 bridgehead atoms. The van der Waals surface area contributed by atoms with E-state index in [0.717, 1.165) is 12.8 Å². The van der Waals surface area contributed by atoms with Crippen molar-refractivity contribution in [1.82, 2.24) is 0 Å². The third kappa shape index (κ3) is 20.5. The van der Waals surface area contributed by atoms with Crippen molar-refractivity contribution in [2.45, 2.75) is 67.5 Å². The molecule has 0 saturated heterocycles. The fourth-order valence-corrected chi connectivity index (χ4v) is 2.25. The average molecular weight is 458 g/mol. The molecule has 3 rings (SSSR count). The second kappa shape index (κ2) is 18.0. The summed E-state index contributed by atoms with van der Waals surface area (Å²) in [4.78, 5) is 0. The van der Waals surface area contributed by atoms with Crippen molar-refractivity contribution in [3.63, 3.8) is 0 Å². The normalized spacial score (nSPS) is 18.2. The van der Waals surface area contributed by atoms with Crippen LogP contribution in [0.1, 0.15) is 54.4 Å². The third-order valence-corrected chi connectivity index (χ3v) is 3.30. The van der Waals surface area contributed by atoms with Gasteiger partial charge in [-0.25, -0.2) is 34.9 Å². The van der Waals surface area contributed by atoms with E-state index in [4.69, 9.17) is 0 Å². The predicted molar refractivity (Wildman–Crippen MR) is 124 cm³/mol. The topological polar surface area (TPSA) is 0 Å². The molecule has 0 N–H and O–H groups in total. The third-order valence-electron chi connectivity index (χ3n) is 3.30. The minimum Gasteiger partial charge on any atom is -0.147 e. The minimum absolute atomic E-state index is 0. The van der Waals surface area contributed by atoms with Gasteiger partial charge in [-0.05, 0) is 0 Å². The monoisotopic (exact) mass is 457 g/mol. The van der Waals surface area contributed by atoms with E-state index in [1.54, 1.807) is 0 Å². The van der Waals surface area contributed by atoms with Gasteiger partial charge in [0, 0.05) is 0 Å². The predicted octanol–water partition coefficient (Wildman–Crippen LogP) is 7.74. The summed E-state index contributed by atoms with van der Waals surface area (Å²) in [6.07, 6.45) is 20.3. The van der Waals surface area contributed by atoms with Crippen LogP contribution < -0.4 is 0 Å². The molecular weight excluding hydrogens is 423 g/mol. The molecule has 3 aliphatic carbocycles. The molecule has 0 radical (unpaired) electrons. The zero-order valence-corrected chi connectivity index (χ0v) is 22.3. The molecule has 0 aliphatic heterocycles. The van der Waals surface area contributed by atoms with Gasteiger partial charge in [-0.2, -0.15) is 17.2 Å². The molecule has 0 fully saturated rings. The van der Waals surface area contributed by atoms with Gasteiger partial charge in [-0.3, -0.25) is 18.2 Å². The van der Waals surface area contributed by atoms with Gasteiger partial charge in [0.2, 0.25) is 0 Å². The molecule has 0 aromatic carbocycles. The summed E-state index contributed by atoms with van der Waals surface area (Å²) < 4.78 is 0. The summed E-state index contributed by atoms with van der Waals surface area (Å²) in [7, 11) is 0. The second-order valence-corrected chi connectivity index (χ2v) is 13.7. The average Bonchev–Trinajstić information content (AvgIpc) is 3.15. The van der Waals surface area contributed by atoms with Gasteiger partial charge in [0.25, 0.3) is 0 Å². The van der Waals surface area contributed by atoms with E-state index >= 15 is 0 Å². The first kappa shape index (κ1) is 31.6. The molecule has 27 heavy (non-hydrogen) atoms. The molecule has 1 atom stereocenters. The molecule has 0 nitrogen and oxygen atoms in total. The van der Waals surface area contributed by atoms with Crippen LogP contribution in [0.25, 0.3) is 0 Å². The Labute approximate surface area is 193 Å².